The average molecular weight is 287 g/mol. The maximum absolute atomic E-state index is 3.59. The Balaban J connectivity index is 2.18. The molecule has 0 saturated heterocycles. The molecule has 1 nitrogen and oxygen atoms in total. The van der Waals surface area contributed by atoms with Crippen LogP contribution in [0.3, 0.4) is 0 Å². The Labute approximate surface area is 131 Å². The van der Waals surface area contributed by atoms with Gasteiger partial charge in [-0.3, -0.25) is 0 Å². The van der Waals surface area contributed by atoms with Gasteiger partial charge in [0, 0.05) is 12.0 Å². The normalized spacial score (nSPS) is 26.0. The zero-order valence-corrected chi connectivity index (χ0v) is 14.8. The Bertz CT molecular complexity index is 444. The van der Waals surface area contributed by atoms with Gasteiger partial charge in [0.25, 0.3) is 0 Å². The first-order chi connectivity index (χ1) is 9.78. The molecule has 118 valence electrons. The number of hydrogen-bond acceptors (Lipinski definition) is 1. The number of nitrogens with one attached hydrogen (secondary N) is 1. The summed E-state index contributed by atoms with van der Waals surface area (Å²) in [5.41, 5.74) is 3.59. The van der Waals surface area contributed by atoms with Crippen LogP contribution in [0.5, 0.6) is 0 Å². The molecule has 0 radical (unpaired) electrons. The molecular weight excluding hydrogens is 254 g/mol. The minimum absolute atomic E-state index is 0.243. The van der Waals surface area contributed by atoms with Crippen molar-refractivity contribution in [3.05, 3.63) is 35.4 Å². The third-order valence-electron chi connectivity index (χ3n) is 5.33. The van der Waals surface area contributed by atoms with E-state index in [0.29, 0.717) is 5.41 Å². The smallest absolute Gasteiger partial charge is 0.00832 e. The molecule has 1 fully saturated rings. The van der Waals surface area contributed by atoms with Crippen LogP contribution in [-0.2, 0) is 10.8 Å². The quantitative estimate of drug-likeness (QED) is 0.812. The molecule has 1 aromatic rings. The molecule has 1 aliphatic carbocycles. The second kappa shape index (κ2) is 6.12. The fraction of sp³-hybridized carbons (Fsp3) is 0.700. The van der Waals surface area contributed by atoms with Crippen molar-refractivity contribution in [1.82, 2.24) is 5.32 Å². The van der Waals surface area contributed by atoms with Gasteiger partial charge in [0.15, 0.2) is 0 Å². The maximum Gasteiger partial charge on any atom is 0.00832 e. The van der Waals surface area contributed by atoms with Crippen LogP contribution in [0.4, 0.5) is 0 Å². The molecule has 0 spiro atoms. The van der Waals surface area contributed by atoms with Gasteiger partial charge in [-0.1, -0.05) is 65.8 Å². The van der Waals surface area contributed by atoms with Crippen molar-refractivity contribution in [1.29, 1.82) is 0 Å². The van der Waals surface area contributed by atoms with Gasteiger partial charge in [0.1, 0.15) is 0 Å². The molecule has 2 rings (SSSR count). The highest BCUT2D eigenvalue weighted by Crippen LogP contribution is 2.50. The summed E-state index contributed by atoms with van der Waals surface area (Å²) in [6, 6.07) is 9.44. The standard InChI is InChI=1S/C20H33N/c1-7-21-14-20(12-16(13-20)15(2)3)18-10-8-17(9-11-18)19(4,5)6/h8-11,15-16,21H,7,12-14H2,1-6H3. The Hall–Kier alpha value is -0.820. The summed E-state index contributed by atoms with van der Waals surface area (Å²) < 4.78 is 0. The van der Waals surface area contributed by atoms with Crippen molar-refractivity contribution in [2.24, 2.45) is 11.8 Å². The largest absolute Gasteiger partial charge is 0.316 e. The van der Waals surface area contributed by atoms with E-state index in [2.05, 4.69) is 71.1 Å². The van der Waals surface area contributed by atoms with Crippen LogP contribution < -0.4 is 5.32 Å². The lowest BCUT2D eigenvalue weighted by Gasteiger charge is -2.50. The van der Waals surface area contributed by atoms with Gasteiger partial charge >= 0.3 is 0 Å². The summed E-state index contributed by atoms with van der Waals surface area (Å²) in [6.07, 6.45) is 2.68. The first-order valence-corrected chi connectivity index (χ1v) is 8.60. The van der Waals surface area contributed by atoms with Crippen LogP contribution in [0.2, 0.25) is 0 Å². The van der Waals surface area contributed by atoms with Crippen LogP contribution >= 0.6 is 0 Å². The predicted molar refractivity (Wildman–Crippen MR) is 92.9 cm³/mol. The summed E-state index contributed by atoms with van der Waals surface area (Å²) >= 11 is 0. The van der Waals surface area contributed by atoms with Crippen molar-refractivity contribution in [2.75, 3.05) is 13.1 Å². The van der Waals surface area contributed by atoms with Gasteiger partial charge in [-0.25, -0.2) is 0 Å². The van der Waals surface area contributed by atoms with Crippen molar-refractivity contribution >= 4 is 0 Å². The molecule has 0 aromatic heterocycles. The first-order valence-electron chi connectivity index (χ1n) is 8.60. The number of likely N-dealkylation sites (N-methyl/N-ethyl adjacent to an activating group) is 1. The Morgan fingerprint density at radius 1 is 1.14 bits per heavy atom. The molecule has 1 N–H and O–H groups in total. The molecule has 1 saturated carbocycles. The Morgan fingerprint density at radius 3 is 2.14 bits per heavy atom. The van der Waals surface area contributed by atoms with Crippen LogP contribution in [0.1, 0.15) is 65.5 Å². The van der Waals surface area contributed by atoms with Gasteiger partial charge in [-0.15, -0.1) is 0 Å². The molecule has 21 heavy (non-hydrogen) atoms. The first kappa shape index (κ1) is 16.5. The summed E-state index contributed by atoms with van der Waals surface area (Å²) in [5.74, 6) is 1.71. The molecule has 0 aliphatic heterocycles. The molecule has 1 heteroatoms. The van der Waals surface area contributed by atoms with Crippen molar-refractivity contribution < 1.29 is 0 Å². The van der Waals surface area contributed by atoms with E-state index in [1.165, 1.54) is 24.0 Å². The third kappa shape index (κ3) is 3.51. The van der Waals surface area contributed by atoms with E-state index in [9.17, 15) is 0 Å². The summed E-state index contributed by atoms with van der Waals surface area (Å²) in [5, 5.41) is 3.59. The maximum atomic E-state index is 3.59. The lowest BCUT2D eigenvalue weighted by Crippen LogP contribution is -2.50. The van der Waals surface area contributed by atoms with Crippen molar-refractivity contribution in [3.63, 3.8) is 0 Å². The molecule has 1 aliphatic rings. The number of benzene rings is 1. The molecular formula is C20H33N. The predicted octanol–water partition coefficient (Wildman–Crippen LogP) is 4.90. The Kier molecular flexibility index (Phi) is 4.82. The van der Waals surface area contributed by atoms with Crippen LogP contribution in [-0.4, -0.2) is 13.1 Å². The van der Waals surface area contributed by atoms with E-state index in [-0.39, 0.29) is 5.41 Å². The summed E-state index contributed by atoms with van der Waals surface area (Å²) in [6.45, 7) is 16.0. The average Bonchev–Trinajstić information content (AvgIpc) is 2.36. The van der Waals surface area contributed by atoms with E-state index in [4.69, 9.17) is 0 Å². The zero-order chi connectivity index (χ0) is 15.7. The minimum Gasteiger partial charge on any atom is -0.316 e. The van der Waals surface area contributed by atoms with Gasteiger partial charge in [0.05, 0.1) is 0 Å². The second-order valence-electron chi connectivity index (χ2n) is 8.30. The molecule has 0 unspecified atom stereocenters. The van der Waals surface area contributed by atoms with Gasteiger partial charge < -0.3 is 5.32 Å². The van der Waals surface area contributed by atoms with Crippen LogP contribution in [0, 0.1) is 11.8 Å². The molecule has 1 aromatic carbocycles. The third-order valence-corrected chi connectivity index (χ3v) is 5.33. The topological polar surface area (TPSA) is 12.0 Å². The fourth-order valence-electron chi connectivity index (χ4n) is 3.59. The van der Waals surface area contributed by atoms with Gasteiger partial charge in [-0.05, 0) is 47.8 Å². The summed E-state index contributed by atoms with van der Waals surface area (Å²) in [4.78, 5) is 0. The monoisotopic (exact) mass is 287 g/mol. The van der Waals surface area contributed by atoms with E-state index in [1.54, 1.807) is 0 Å². The number of rotatable bonds is 5. The Morgan fingerprint density at radius 2 is 1.71 bits per heavy atom. The molecule has 0 amide bonds. The van der Waals surface area contributed by atoms with Gasteiger partial charge in [0.2, 0.25) is 0 Å². The van der Waals surface area contributed by atoms with Crippen LogP contribution in [0.15, 0.2) is 24.3 Å². The molecule has 0 heterocycles. The van der Waals surface area contributed by atoms with Crippen molar-refractivity contribution in [3.8, 4) is 0 Å². The fourth-order valence-corrected chi connectivity index (χ4v) is 3.59. The van der Waals surface area contributed by atoms with E-state index >= 15 is 0 Å². The zero-order valence-electron chi connectivity index (χ0n) is 14.8. The van der Waals surface area contributed by atoms with E-state index in [1.807, 2.05) is 0 Å². The molecule has 0 atom stereocenters. The SMILES string of the molecule is CCNCC1(c2ccc(C(C)(C)C)cc2)CC(C(C)C)C1. The summed E-state index contributed by atoms with van der Waals surface area (Å²) in [7, 11) is 0. The van der Waals surface area contributed by atoms with E-state index in [0.717, 1.165) is 24.9 Å². The second-order valence-corrected chi connectivity index (χ2v) is 8.30. The van der Waals surface area contributed by atoms with Crippen LogP contribution in [0.25, 0.3) is 0 Å². The lowest BCUT2D eigenvalue weighted by molar-refractivity contribution is 0.0982. The number of hydrogen-bond donors (Lipinski definition) is 1. The highest BCUT2D eigenvalue weighted by Gasteiger charge is 2.45. The highest BCUT2D eigenvalue weighted by molar-refractivity contribution is 5.35. The van der Waals surface area contributed by atoms with E-state index < -0.39 is 0 Å². The van der Waals surface area contributed by atoms with Crippen molar-refractivity contribution in [2.45, 2.75) is 65.2 Å². The molecule has 0 bridgehead atoms. The lowest BCUT2D eigenvalue weighted by atomic mass is 9.55. The minimum atomic E-state index is 0.243. The van der Waals surface area contributed by atoms with Gasteiger partial charge in [-0.2, -0.15) is 0 Å². The highest BCUT2D eigenvalue weighted by atomic mass is 14.9.